The van der Waals surface area contributed by atoms with Crippen LogP contribution in [0.15, 0.2) is 63.7 Å². The quantitative estimate of drug-likeness (QED) is 0.203. The van der Waals surface area contributed by atoms with Gasteiger partial charge in [0.1, 0.15) is 5.82 Å². The number of nitro groups is 1. The monoisotopic (exact) mass is 532 g/mol. The third kappa shape index (κ3) is 4.12. The largest absolute Gasteiger partial charge is 0.453 e. The Kier molecular flexibility index (Phi) is 5.75. The van der Waals surface area contributed by atoms with Gasteiger partial charge >= 0.3 is 5.69 Å². The predicted molar refractivity (Wildman–Crippen MR) is 141 cm³/mol. The Labute approximate surface area is 221 Å². The Bertz CT molecular complexity index is 1580. The summed E-state index contributed by atoms with van der Waals surface area (Å²) in [6.07, 6.45) is 0.789. The molecule has 3 aromatic rings. The minimum absolute atomic E-state index is 0.00209. The van der Waals surface area contributed by atoms with Crippen LogP contribution in [0.2, 0.25) is 0 Å². The van der Waals surface area contributed by atoms with Gasteiger partial charge in [0, 0.05) is 29.0 Å². The van der Waals surface area contributed by atoms with E-state index in [1.165, 1.54) is 11.8 Å². The number of nitro benzene ring substituents is 1. The number of fused-ring (bicyclic) bond motifs is 2. The standard InChI is InChI=1S/C27H24N4O6S/c1-27(2)10-16-20(17(32)11-27)19(15-8-9-18-23(37-13-36-18)22(15)31(34)35)21-24(28-16)29-26(30-25(21)33)38-12-14-6-4-3-5-7-14/h3-9,19H,10-13H2,1-2H3,(H2,28,29,30,33)/t19-/m0/s1. The highest BCUT2D eigenvalue weighted by molar-refractivity contribution is 7.98. The molecule has 3 heterocycles. The second-order valence-corrected chi connectivity index (χ2v) is 11.3. The molecule has 0 amide bonds. The first kappa shape index (κ1) is 24.2. The summed E-state index contributed by atoms with van der Waals surface area (Å²) in [5.74, 6) is -0.000579. The summed E-state index contributed by atoms with van der Waals surface area (Å²) in [4.78, 5) is 46.4. The van der Waals surface area contributed by atoms with Crippen LogP contribution in [0, 0.1) is 15.5 Å². The van der Waals surface area contributed by atoms with Crippen molar-refractivity contribution in [1.29, 1.82) is 0 Å². The number of nitrogens with zero attached hydrogens (tertiary/aromatic N) is 2. The van der Waals surface area contributed by atoms with Gasteiger partial charge in [0.25, 0.3) is 5.56 Å². The summed E-state index contributed by atoms with van der Waals surface area (Å²) in [5.41, 5.74) is 1.33. The number of hydrogen-bond donors (Lipinski definition) is 2. The molecule has 10 nitrogen and oxygen atoms in total. The lowest BCUT2D eigenvalue weighted by Gasteiger charge is -2.38. The number of Topliss-reactive ketones (excluding diaryl/α,β-unsaturated/α-hetero) is 1. The highest BCUT2D eigenvalue weighted by Crippen LogP contribution is 2.52. The van der Waals surface area contributed by atoms with Crippen LogP contribution in [0.1, 0.15) is 49.3 Å². The maximum atomic E-state index is 13.6. The molecule has 2 aliphatic heterocycles. The molecule has 0 saturated carbocycles. The number of carbonyl (C=O) groups excluding carboxylic acids is 1. The van der Waals surface area contributed by atoms with E-state index >= 15 is 0 Å². The molecule has 0 fully saturated rings. The number of ether oxygens (including phenoxy) is 2. The molecule has 1 atom stereocenters. The van der Waals surface area contributed by atoms with Crippen molar-refractivity contribution in [3.05, 3.63) is 90.9 Å². The molecular formula is C27H24N4O6S. The second kappa shape index (κ2) is 9.02. The smallest absolute Gasteiger partial charge is 0.319 e. The number of thioether (sulfide) groups is 1. The molecule has 0 radical (unpaired) electrons. The number of ketones is 1. The highest BCUT2D eigenvalue weighted by Gasteiger charge is 2.45. The molecule has 2 N–H and O–H groups in total. The summed E-state index contributed by atoms with van der Waals surface area (Å²) < 4.78 is 10.8. The SMILES string of the molecule is CC1(C)CC(=O)C2=C(C1)Nc1nc(SCc3ccccc3)[nH]c(=O)c1[C@H]2c1ccc2c(c1[N+](=O)[O-])OCO2. The molecule has 0 unspecified atom stereocenters. The number of nitrogens with one attached hydrogen (secondary N) is 2. The molecule has 11 heteroatoms. The second-order valence-electron chi connectivity index (χ2n) is 10.3. The first-order valence-electron chi connectivity index (χ1n) is 12.1. The van der Waals surface area contributed by atoms with E-state index in [0.717, 1.165) is 5.56 Å². The van der Waals surface area contributed by atoms with E-state index in [0.29, 0.717) is 34.4 Å². The van der Waals surface area contributed by atoms with Gasteiger partial charge in [0.05, 0.1) is 16.4 Å². The van der Waals surface area contributed by atoms with E-state index < -0.39 is 16.4 Å². The van der Waals surface area contributed by atoms with Crippen molar-refractivity contribution in [3.8, 4) is 11.5 Å². The zero-order chi connectivity index (χ0) is 26.6. The van der Waals surface area contributed by atoms with Gasteiger partial charge in [-0.05, 0) is 29.5 Å². The van der Waals surface area contributed by atoms with Crippen molar-refractivity contribution in [3.63, 3.8) is 0 Å². The summed E-state index contributed by atoms with van der Waals surface area (Å²) >= 11 is 1.38. The topological polar surface area (TPSA) is 136 Å². The fraction of sp³-hybridized carbons (Fsp3) is 0.296. The molecule has 6 rings (SSSR count). The van der Waals surface area contributed by atoms with Crippen molar-refractivity contribution in [1.82, 2.24) is 9.97 Å². The van der Waals surface area contributed by atoms with Crippen LogP contribution in [0.4, 0.5) is 11.5 Å². The van der Waals surface area contributed by atoms with Crippen LogP contribution in [0.5, 0.6) is 11.5 Å². The Morgan fingerprint density at radius 2 is 1.92 bits per heavy atom. The first-order valence-corrected chi connectivity index (χ1v) is 13.1. The minimum atomic E-state index is -0.982. The van der Waals surface area contributed by atoms with E-state index in [4.69, 9.17) is 14.5 Å². The van der Waals surface area contributed by atoms with Crippen molar-refractivity contribution in [2.24, 2.45) is 5.41 Å². The number of H-pyrrole nitrogens is 1. The molecule has 3 aliphatic rings. The van der Waals surface area contributed by atoms with Crippen molar-refractivity contribution >= 4 is 29.1 Å². The maximum absolute atomic E-state index is 13.6. The number of rotatable bonds is 5. The molecular weight excluding hydrogens is 508 g/mol. The Morgan fingerprint density at radius 3 is 2.68 bits per heavy atom. The van der Waals surface area contributed by atoms with Crippen LogP contribution in [-0.4, -0.2) is 27.5 Å². The Hall–Kier alpha value is -4.12. The van der Waals surface area contributed by atoms with Gasteiger partial charge in [-0.25, -0.2) is 4.98 Å². The molecule has 194 valence electrons. The number of benzene rings is 2. The Balaban J connectivity index is 1.52. The fourth-order valence-corrected chi connectivity index (χ4v) is 6.21. The lowest BCUT2D eigenvalue weighted by atomic mass is 9.69. The van der Waals surface area contributed by atoms with Crippen molar-refractivity contribution < 1.29 is 19.2 Å². The number of anilines is 1. The first-order chi connectivity index (χ1) is 18.2. The number of aromatic nitrogens is 2. The van der Waals surface area contributed by atoms with E-state index in [2.05, 4.69) is 10.3 Å². The van der Waals surface area contributed by atoms with E-state index in [1.807, 2.05) is 44.2 Å². The average molecular weight is 533 g/mol. The molecule has 1 aliphatic carbocycles. The van der Waals surface area contributed by atoms with Crippen molar-refractivity contribution in [2.45, 2.75) is 43.5 Å². The normalized spacial score (nSPS) is 19.0. The zero-order valence-electron chi connectivity index (χ0n) is 20.7. The van der Waals surface area contributed by atoms with Gasteiger partial charge in [-0.1, -0.05) is 55.9 Å². The third-order valence-electron chi connectivity index (χ3n) is 6.96. The van der Waals surface area contributed by atoms with E-state index in [-0.39, 0.29) is 52.7 Å². The maximum Gasteiger partial charge on any atom is 0.319 e. The van der Waals surface area contributed by atoms with Crippen LogP contribution in [0.25, 0.3) is 0 Å². The number of allylic oxidation sites excluding steroid dienone is 2. The molecule has 1 aromatic heterocycles. The molecule has 0 saturated heterocycles. The van der Waals surface area contributed by atoms with Gasteiger partial charge in [0.2, 0.25) is 12.5 Å². The summed E-state index contributed by atoms with van der Waals surface area (Å²) in [5, 5.41) is 16.0. The number of aromatic amines is 1. The van der Waals surface area contributed by atoms with Crippen molar-refractivity contribution in [2.75, 3.05) is 12.1 Å². The predicted octanol–water partition coefficient (Wildman–Crippen LogP) is 4.90. The minimum Gasteiger partial charge on any atom is -0.453 e. The lowest BCUT2D eigenvalue weighted by Crippen LogP contribution is -2.37. The summed E-state index contributed by atoms with van der Waals surface area (Å²) in [6, 6.07) is 12.9. The van der Waals surface area contributed by atoms with Gasteiger partial charge in [-0.3, -0.25) is 19.7 Å². The number of carbonyl (C=O) groups is 1. The number of hydrogen-bond acceptors (Lipinski definition) is 9. The summed E-state index contributed by atoms with van der Waals surface area (Å²) in [6.45, 7) is 3.85. The van der Waals surface area contributed by atoms with Crippen LogP contribution >= 0.6 is 11.8 Å². The van der Waals surface area contributed by atoms with Crippen LogP contribution in [-0.2, 0) is 10.5 Å². The molecule has 38 heavy (non-hydrogen) atoms. The van der Waals surface area contributed by atoms with E-state index in [1.54, 1.807) is 12.1 Å². The molecule has 2 aromatic carbocycles. The van der Waals surface area contributed by atoms with Crippen LogP contribution < -0.4 is 20.3 Å². The lowest BCUT2D eigenvalue weighted by molar-refractivity contribution is -0.386. The van der Waals surface area contributed by atoms with E-state index in [9.17, 15) is 19.7 Å². The fourth-order valence-electron chi connectivity index (χ4n) is 5.39. The zero-order valence-corrected chi connectivity index (χ0v) is 21.5. The third-order valence-corrected chi connectivity index (χ3v) is 7.90. The van der Waals surface area contributed by atoms with Gasteiger partial charge in [0.15, 0.2) is 16.7 Å². The molecule has 0 bridgehead atoms. The summed E-state index contributed by atoms with van der Waals surface area (Å²) in [7, 11) is 0. The van der Waals surface area contributed by atoms with Gasteiger partial charge in [-0.2, -0.15) is 0 Å². The Morgan fingerprint density at radius 1 is 1.13 bits per heavy atom. The average Bonchev–Trinajstić information content (AvgIpc) is 3.34. The molecule has 0 spiro atoms. The highest BCUT2D eigenvalue weighted by atomic mass is 32.2. The van der Waals surface area contributed by atoms with Crippen LogP contribution in [0.3, 0.4) is 0 Å². The van der Waals surface area contributed by atoms with Gasteiger partial charge in [-0.15, -0.1) is 0 Å². The van der Waals surface area contributed by atoms with Gasteiger partial charge < -0.3 is 19.8 Å².